The van der Waals surface area contributed by atoms with E-state index in [1.807, 2.05) is 10.6 Å². The van der Waals surface area contributed by atoms with Gasteiger partial charge in [0.15, 0.2) is 11.5 Å². The van der Waals surface area contributed by atoms with Gasteiger partial charge in [-0.15, -0.1) is 0 Å². The van der Waals surface area contributed by atoms with Crippen LogP contribution in [0, 0.1) is 0 Å². The normalized spacial score (nSPS) is 18.2. The average Bonchev–Trinajstić information content (AvgIpc) is 2.67. The van der Waals surface area contributed by atoms with Crippen LogP contribution in [-0.2, 0) is 0 Å². The van der Waals surface area contributed by atoms with Gasteiger partial charge in [0.2, 0.25) is 0 Å². The third kappa shape index (κ3) is 1.82. The Hall–Kier alpha value is -1.42. The summed E-state index contributed by atoms with van der Waals surface area (Å²) in [5.74, 6) is 1.97. The van der Waals surface area contributed by atoms with Gasteiger partial charge >= 0.3 is 0 Å². The number of pyridine rings is 1. The Morgan fingerprint density at radius 3 is 2.94 bits per heavy atom. The maximum Gasteiger partial charge on any atom is 0.155 e. The maximum atomic E-state index is 5.69. The second kappa shape index (κ2) is 4.11. The molecule has 3 rings (SSSR count). The third-order valence-corrected chi connectivity index (χ3v) is 3.76. The molecule has 0 amide bonds. The monoisotopic (exact) mass is 230 g/mol. The van der Waals surface area contributed by atoms with Gasteiger partial charge in [-0.25, -0.2) is 9.50 Å². The number of fused-ring (bicyclic) bond motifs is 1. The first kappa shape index (κ1) is 10.7. The summed E-state index contributed by atoms with van der Waals surface area (Å²) >= 11 is 0. The number of hydrogen-bond acceptors (Lipinski definition) is 3. The van der Waals surface area contributed by atoms with E-state index < -0.39 is 0 Å². The van der Waals surface area contributed by atoms with Gasteiger partial charge in [0.1, 0.15) is 0 Å². The summed E-state index contributed by atoms with van der Waals surface area (Å²) in [5, 5.41) is 4.58. The minimum Gasteiger partial charge on any atom is -0.330 e. The number of nitrogens with two attached hydrogens (primary N) is 1. The fourth-order valence-electron chi connectivity index (χ4n) is 2.18. The first-order chi connectivity index (χ1) is 8.28. The van der Waals surface area contributed by atoms with Gasteiger partial charge in [0.05, 0.1) is 0 Å². The first-order valence-electron chi connectivity index (χ1n) is 6.34. The molecule has 90 valence electrons. The summed E-state index contributed by atoms with van der Waals surface area (Å²) in [7, 11) is 0. The molecule has 4 nitrogen and oxygen atoms in total. The van der Waals surface area contributed by atoms with Crippen LogP contribution in [-0.4, -0.2) is 21.1 Å². The molecule has 0 bridgehead atoms. The van der Waals surface area contributed by atoms with E-state index in [4.69, 9.17) is 5.73 Å². The van der Waals surface area contributed by atoms with Crippen LogP contribution in [0.3, 0.4) is 0 Å². The molecule has 1 saturated carbocycles. The van der Waals surface area contributed by atoms with E-state index in [2.05, 4.69) is 29.3 Å². The lowest BCUT2D eigenvalue weighted by Crippen LogP contribution is -2.11. The maximum absolute atomic E-state index is 5.69. The molecule has 1 aliphatic carbocycles. The van der Waals surface area contributed by atoms with Crippen molar-refractivity contribution in [1.29, 1.82) is 0 Å². The van der Waals surface area contributed by atoms with E-state index in [1.54, 1.807) is 0 Å². The largest absolute Gasteiger partial charge is 0.330 e. The van der Waals surface area contributed by atoms with Gasteiger partial charge in [-0.1, -0.05) is 19.4 Å². The summed E-state index contributed by atoms with van der Waals surface area (Å²) in [5.41, 5.74) is 7.86. The highest BCUT2D eigenvalue weighted by Gasteiger charge is 2.23. The lowest BCUT2D eigenvalue weighted by molar-refractivity contribution is 0.402. The lowest BCUT2D eigenvalue weighted by Gasteiger charge is -2.21. The SMILES string of the molecule is CC(CN)c1ccc2nc(C3CCC3)nn2c1. The van der Waals surface area contributed by atoms with Crippen molar-refractivity contribution in [2.45, 2.75) is 38.0 Å². The highest BCUT2D eigenvalue weighted by molar-refractivity contribution is 5.40. The molecule has 2 heterocycles. The lowest BCUT2D eigenvalue weighted by atomic mass is 9.85. The fraction of sp³-hybridized carbons (Fsp3) is 0.538. The Morgan fingerprint density at radius 2 is 2.29 bits per heavy atom. The van der Waals surface area contributed by atoms with Gasteiger partial charge in [-0.2, -0.15) is 5.10 Å². The molecule has 1 fully saturated rings. The molecular formula is C13H18N4. The molecular weight excluding hydrogens is 212 g/mol. The molecule has 17 heavy (non-hydrogen) atoms. The van der Waals surface area contributed by atoms with E-state index >= 15 is 0 Å². The summed E-state index contributed by atoms with van der Waals surface area (Å²) in [6.45, 7) is 2.79. The van der Waals surface area contributed by atoms with Crippen molar-refractivity contribution in [3.05, 3.63) is 29.7 Å². The van der Waals surface area contributed by atoms with Gasteiger partial charge in [-0.3, -0.25) is 0 Å². The topological polar surface area (TPSA) is 56.2 Å². The second-order valence-electron chi connectivity index (χ2n) is 5.00. The van der Waals surface area contributed by atoms with Gasteiger partial charge in [0.25, 0.3) is 0 Å². The molecule has 1 unspecified atom stereocenters. The van der Waals surface area contributed by atoms with Crippen molar-refractivity contribution in [1.82, 2.24) is 14.6 Å². The zero-order chi connectivity index (χ0) is 11.8. The first-order valence-corrected chi connectivity index (χ1v) is 6.34. The Morgan fingerprint density at radius 1 is 1.47 bits per heavy atom. The fourth-order valence-corrected chi connectivity index (χ4v) is 2.18. The molecule has 0 saturated heterocycles. The highest BCUT2D eigenvalue weighted by atomic mass is 15.3. The van der Waals surface area contributed by atoms with Crippen LogP contribution in [0.15, 0.2) is 18.3 Å². The van der Waals surface area contributed by atoms with Crippen LogP contribution in [0.2, 0.25) is 0 Å². The van der Waals surface area contributed by atoms with Gasteiger partial charge in [-0.05, 0) is 36.9 Å². The highest BCUT2D eigenvalue weighted by Crippen LogP contribution is 2.34. The predicted molar refractivity (Wildman–Crippen MR) is 67.0 cm³/mol. The van der Waals surface area contributed by atoms with Crippen molar-refractivity contribution in [3.8, 4) is 0 Å². The van der Waals surface area contributed by atoms with Crippen LogP contribution >= 0.6 is 0 Å². The number of aromatic nitrogens is 3. The Balaban J connectivity index is 1.98. The standard InChI is InChI=1S/C13H18N4/c1-9(7-14)11-5-6-12-15-13(10-3-2-4-10)16-17(12)8-11/h5-6,8-10H,2-4,7,14H2,1H3. The average molecular weight is 230 g/mol. The summed E-state index contributed by atoms with van der Waals surface area (Å²) < 4.78 is 1.90. The molecule has 0 aromatic carbocycles. The van der Waals surface area contributed by atoms with E-state index in [-0.39, 0.29) is 0 Å². The molecule has 0 radical (unpaired) electrons. The Bertz CT molecular complexity index is 524. The second-order valence-corrected chi connectivity index (χ2v) is 5.00. The molecule has 2 N–H and O–H groups in total. The summed E-state index contributed by atoms with van der Waals surface area (Å²) in [6, 6.07) is 4.14. The zero-order valence-electron chi connectivity index (χ0n) is 10.1. The molecule has 2 aromatic heterocycles. The molecule has 1 atom stereocenters. The van der Waals surface area contributed by atoms with Crippen molar-refractivity contribution in [3.63, 3.8) is 0 Å². The quantitative estimate of drug-likeness (QED) is 0.878. The Labute approximate surface area is 101 Å². The number of hydrogen-bond donors (Lipinski definition) is 1. The predicted octanol–water partition coefficient (Wildman–Crippen LogP) is 2.06. The number of rotatable bonds is 3. The van der Waals surface area contributed by atoms with Crippen LogP contribution in [0.1, 0.15) is 49.4 Å². The van der Waals surface area contributed by atoms with Gasteiger partial charge < -0.3 is 5.73 Å². The third-order valence-electron chi connectivity index (χ3n) is 3.76. The van der Waals surface area contributed by atoms with E-state index in [1.165, 1.54) is 24.8 Å². The van der Waals surface area contributed by atoms with Crippen molar-refractivity contribution < 1.29 is 0 Å². The smallest absolute Gasteiger partial charge is 0.155 e. The van der Waals surface area contributed by atoms with E-state index in [9.17, 15) is 0 Å². The summed E-state index contributed by atoms with van der Waals surface area (Å²) in [6.07, 6.45) is 5.85. The number of nitrogens with zero attached hydrogens (tertiary/aromatic N) is 3. The minimum atomic E-state index is 0.371. The molecule has 4 heteroatoms. The van der Waals surface area contributed by atoms with Gasteiger partial charge in [0, 0.05) is 12.1 Å². The van der Waals surface area contributed by atoms with E-state index in [0.717, 1.165) is 11.5 Å². The Kier molecular flexibility index (Phi) is 2.59. The van der Waals surface area contributed by atoms with E-state index in [0.29, 0.717) is 18.4 Å². The molecule has 2 aromatic rings. The molecule has 1 aliphatic rings. The minimum absolute atomic E-state index is 0.371. The molecule has 0 aliphatic heterocycles. The van der Waals surface area contributed by atoms with Crippen molar-refractivity contribution in [2.75, 3.05) is 6.54 Å². The van der Waals surface area contributed by atoms with Crippen LogP contribution in [0.25, 0.3) is 5.65 Å². The van der Waals surface area contributed by atoms with Crippen molar-refractivity contribution >= 4 is 5.65 Å². The zero-order valence-corrected chi connectivity index (χ0v) is 10.1. The van der Waals surface area contributed by atoms with Crippen LogP contribution < -0.4 is 5.73 Å². The summed E-state index contributed by atoms with van der Waals surface area (Å²) in [4.78, 5) is 4.58. The van der Waals surface area contributed by atoms with Crippen LogP contribution in [0.4, 0.5) is 0 Å². The van der Waals surface area contributed by atoms with Crippen LogP contribution in [0.5, 0.6) is 0 Å². The van der Waals surface area contributed by atoms with Crippen molar-refractivity contribution in [2.24, 2.45) is 5.73 Å². The molecule has 0 spiro atoms.